The summed E-state index contributed by atoms with van der Waals surface area (Å²) in [4.78, 5) is 15.8. The van der Waals surface area contributed by atoms with E-state index in [9.17, 15) is 20.3 Å². The molecule has 0 spiro atoms. The van der Waals surface area contributed by atoms with Gasteiger partial charge in [-0.2, -0.15) is 10.4 Å². The summed E-state index contributed by atoms with van der Waals surface area (Å²) in [5.41, 5.74) is 10.2. The number of aliphatic hydroxyl groups is 2. The molecule has 0 radical (unpaired) electrons. The maximum absolute atomic E-state index is 12.0. The van der Waals surface area contributed by atoms with Gasteiger partial charge in [0.2, 0.25) is 5.60 Å². The monoisotopic (exact) mass is 390 g/mol. The highest BCUT2D eigenvalue weighted by Gasteiger charge is 2.57. The van der Waals surface area contributed by atoms with Gasteiger partial charge in [-0.15, -0.1) is 0 Å². The molecule has 1 aliphatic rings. The molecule has 1 aliphatic heterocycles. The molecule has 11 nitrogen and oxygen atoms in total. The van der Waals surface area contributed by atoms with Crippen molar-refractivity contribution in [2.24, 2.45) is 11.7 Å². The van der Waals surface area contributed by atoms with Crippen LogP contribution < -0.4 is 11.5 Å². The first-order chi connectivity index (χ1) is 13.2. The van der Waals surface area contributed by atoms with Crippen LogP contribution in [0.15, 0.2) is 18.5 Å². The molecule has 0 saturated carbocycles. The molecule has 0 aromatic carbocycles. The molecule has 0 bridgehead atoms. The summed E-state index contributed by atoms with van der Waals surface area (Å²) in [6, 6.07) is 4.15. The molecule has 11 heteroatoms. The van der Waals surface area contributed by atoms with Crippen LogP contribution in [0.4, 0.5) is 5.82 Å². The van der Waals surface area contributed by atoms with Crippen LogP contribution in [0.25, 0.3) is 5.52 Å². The fourth-order valence-corrected chi connectivity index (χ4v) is 3.08. The third kappa shape index (κ3) is 3.06. The van der Waals surface area contributed by atoms with E-state index in [0.29, 0.717) is 5.52 Å². The van der Waals surface area contributed by atoms with Gasteiger partial charge in [0.25, 0.3) is 0 Å². The number of nitrogens with zero attached hydrogens (tertiary/aromatic N) is 4. The number of hydrogen-bond acceptors (Lipinski definition) is 10. The SMILES string of the molecule is CC(C)[C@@H](N)C(=O)OC[C@H]1O[C@@](C#N)(c2ccc3c(N)ncnn23)[C@H](O)[C@@H]1O. The van der Waals surface area contributed by atoms with E-state index in [1.54, 1.807) is 19.9 Å². The Morgan fingerprint density at radius 1 is 1.50 bits per heavy atom. The molecule has 6 N–H and O–H groups in total. The number of nitriles is 1. The molecule has 0 aliphatic carbocycles. The summed E-state index contributed by atoms with van der Waals surface area (Å²) >= 11 is 0. The van der Waals surface area contributed by atoms with E-state index in [1.807, 2.05) is 6.07 Å². The summed E-state index contributed by atoms with van der Waals surface area (Å²) in [5, 5.41) is 34.8. The molecule has 3 rings (SSSR count). The van der Waals surface area contributed by atoms with E-state index < -0.39 is 35.9 Å². The van der Waals surface area contributed by atoms with Crippen molar-refractivity contribution in [3.05, 3.63) is 24.2 Å². The van der Waals surface area contributed by atoms with E-state index in [1.165, 1.54) is 16.9 Å². The average Bonchev–Trinajstić information content (AvgIpc) is 3.21. The van der Waals surface area contributed by atoms with Gasteiger partial charge in [-0.05, 0) is 18.1 Å². The first kappa shape index (κ1) is 20.0. The predicted molar refractivity (Wildman–Crippen MR) is 95.3 cm³/mol. The number of rotatable bonds is 5. The second-order valence-corrected chi connectivity index (χ2v) is 7.00. The number of aliphatic hydroxyl groups excluding tert-OH is 2. The molecule has 150 valence electrons. The first-order valence-electron chi connectivity index (χ1n) is 8.69. The van der Waals surface area contributed by atoms with Crippen LogP contribution in [0.2, 0.25) is 0 Å². The van der Waals surface area contributed by atoms with Crippen LogP contribution in [0, 0.1) is 17.2 Å². The highest BCUT2D eigenvalue weighted by atomic mass is 16.6. The molecule has 2 aromatic rings. The Balaban J connectivity index is 1.88. The molecule has 1 fully saturated rings. The Morgan fingerprint density at radius 2 is 2.21 bits per heavy atom. The van der Waals surface area contributed by atoms with Gasteiger partial charge in [0.1, 0.15) is 48.9 Å². The number of fused-ring (bicyclic) bond motifs is 1. The Morgan fingerprint density at radius 3 is 2.86 bits per heavy atom. The molecule has 1 saturated heterocycles. The first-order valence-corrected chi connectivity index (χ1v) is 8.69. The maximum atomic E-state index is 12.0. The van der Waals surface area contributed by atoms with Crippen LogP contribution in [-0.4, -0.2) is 61.7 Å². The number of nitrogens with two attached hydrogens (primary N) is 2. The van der Waals surface area contributed by atoms with Gasteiger partial charge >= 0.3 is 5.97 Å². The quantitative estimate of drug-likeness (QED) is 0.447. The molecular formula is C17H22N6O5. The van der Waals surface area contributed by atoms with Crippen molar-refractivity contribution in [3.63, 3.8) is 0 Å². The van der Waals surface area contributed by atoms with Crippen LogP contribution in [0.1, 0.15) is 19.5 Å². The predicted octanol–water partition coefficient (Wildman–Crippen LogP) is -1.32. The lowest BCUT2D eigenvalue weighted by Crippen LogP contribution is -2.41. The molecule has 28 heavy (non-hydrogen) atoms. The summed E-state index contributed by atoms with van der Waals surface area (Å²) in [6.45, 7) is 3.16. The summed E-state index contributed by atoms with van der Waals surface area (Å²) in [5.74, 6) is -0.623. The number of carbonyl (C=O) groups is 1. The van der Waals surface area contributed by atoms with Gasteiger partial charge in [0.05, 0.1) is 5.69 Å². The topological polar surface area (TPSA) is 182 Å². The Hall–Kier alpha value is -2.78. The van der Waals surface area contributed by atoms with Gasteiger partial charge in [-0.3, -0.25) is 4.79 Å². The van der Waals surface area contributed by atoms with Crippen LogP contribution in [0.3, 0.4) is 0 Å². The fourth-order valence-electron chi connectivity index (χ4n) is 3.08. The fraction of sp³-hybridized carbons (Fsp3) is 0.529. The standard InChI is InChI=1S/C17H22N6O5/c1-8(2)12(19)16(26)27-5-10-13(24)14(25)17(6-18,28-10)11-4-3-9-15(20)21-7-22-23(9)11/h3-4,7-8,10,12-14,24-25H,5,19H2,1-2H3,(H2,20,21,22)/t10-,12-,13-,14-,17+/m1/s1. The zero-order chi connectivity index (χ0) is 20.6. The molecule has 3 heterocycles. The number of nitrogen functional groups attached to an aromatic ring is 1. The van der Waals surface area contributed by atoms with E-state index in [2.05, 4.69) is 10.1 Å². The van der Waals surface area contributed by atoms with Crippen molar-refractivity contribution in [1.29, 1.82) is 5.26 Å². The van der Waals surface area contributed by atoms with Gasteiger partial charge in [0, 0.05) is 0 Å². The van der Waals surface area contributed by atoms with Crippen LogP contribution in [0.5, 0.6) is 0 Å². The number of hydrogen-bond donors (Lipinski definition) is 4. The van der Waals surface area contributed by atoms with Crippen molar-refractivity contribution in [2.75, 3.05) is 12.3 Å². The van der Waals surface area contributed by atoms with Crippen LogP contribution in [-0.2, 0) is 19.9 Å². The van der Waals surface area contributed by atoms with Gasteiger partial charge in [-0.25, -0.2) is 9.50 Å². The number of ether oxygens (including phenoxy) is 2. The summed E-state index contributed by atoms with van der Waals surface area (Å²) < 4.78 is 12.1. The Kier molecular flexibility index (Phi) is 5.22. The van der Waals surface area contributed by atoms with Gasteiger partial charge in [-0.1, -0.05) is 13.8 Å². The minimum Gasteiger partial charge on any atom is -0.462 e. The lowest BCUT2D eigenvalue weighted by molar-refractivity contribution is -0.153. The number of esters is 1. The number of anilines is 1. The number of aromatic nitrogens is 3. The van der Waals surface area contributed by atoms with Crippen LogP contribution >= 0.6 is 0 Å². The lowest BCUT2D eigenvalue weighted by atomic mass is 9.92. The number of carbonyl (C=O) groups excluding carboxylic acids is 1. The molecule has 0 unspecified atom stereocenters. The minimum absolute atomic E-state index is 0.136. The molecular weight excluding hydrogens is 368 g/mol. The Labute approximate surface area is 160 Å². The highest BCUT2D eigenvalue weighted by molar-refractivity contribution is 5.75. The van der Waals surface area contributed by atoms with E-state index >= 15 is 0 Å². The third-order valence-electron chi connectivity index (χ3n) is 4.87. The molecule has 0 amide bonds. The van der Waals surface area contributed by atoms with Gasteiger partial charge in [0.15, 0.2) is 5.82 Å². The maximum Gasteiger partial charge on any atom is 0.323 e. The van der Waals surface area contributed by atoms with Crippen molar-refractivity contribution in [1.82, 2.24) is 14.6 Å². The normalized spacial score (nSPS) is 28.4. The smallest absolute Gasteiger partial charge is 0.323 e. The Bertz CT molecular complexity index is 924. The van der Waals surface area contributed by atoms with Crippen molar-refractivity contribution >= 4 is 17.3 Å². The van der Waals surface area contributed by atoms with Crippen molar-refractivity contribution in [3.8, 4) is 6.07 Å². The lowest BCUT2D eigenvalue weighted by Gasteiger charge is -2.24. The highest BCUT2D eigenvalue weighted by Crippen LogP contribution is 2.40. The second-order valence-electron chi connectivity index (χ2n) is 7.00. The average molecular weight is 390 g/mol. The van der Waals surface area contributed by atoms with Gasteiger partial charge < -0.3 is 31.2 Å². The zero-order valence-corrected chi connectivity index (χ0v) is 15.4. The second kappa shape index (κ2) is 7.33. The summed E-state index contributed by atoms with van der Waals surface area (Å²) in [7, 11) is 0. The zero-order valence-electron chi connectivity index (χ0n) is 15.4. The molecule has 2 aromatic heterocycles. The minimum atomic E-state index is -1.94. The third-order valence-corrected chi connectivity index (χ3v) is 4.87. The van der Waals surface area contributed by atoms with E-state index in [-0.39, 0.29) is 24.0 Å². The summed E-state index contributed by atoms with van der Waals surface area (Å²) in [6.07, 6.45) is -3.04. The molecule has 5 atom stereocenters. The van der Waals surface area contributed by atoms with Crippen molar-refractivity contribution < 1.29 is 24.5 Å². The van der Waals surface area contributed by atoms with E-state index in [0.717, 1.165) is 0 Å². The largest absolute Gasteiger partial charge is 0.462 e. The van der Waals surface area contributed by atoms with E-state index in [4.69, 9.17) is 20.9 Å². The van der Waals surface area contributed by atoms with Crippen molar-refractivity contribution in [2.45, 2.75) is 43.8 Å².